The monoisotopic (exact) mass is 263 g/mol. The van der Waals surface area contributed by atoms with Gasteiger partial charge in [-0.05, 0) is 37.4 Å². The molecule has 0 fully saturated rings. The van der Waals surface area contributed by atoms with Crippen LogP contribution < -0.4 is 0 Å². The Hall–Kier alpha value is -1.35. The molecular formula is C16H25NO2. The average Bonchev–Trinajstić information content (AvgIpc) is 2.37. The minimum atomic E-state index is -0.153. The zero-order valence-electron chi connectivity index (χ0n) is 12.5. The van der Waals surface area contributed by atoms with Crippen LogP contribution in [0.3, 0.4) is 0 Å². The van der Waals surface area contributed by atoms with Crippen LogP contribution in [0, 0.1) is 0 Å². The van der Waals surface area contributed by atoms with Crippen LogP contribution in [0.1, 0.15) is 37.8 Å². The van der Waals surface area contributed by atoms with Crippen LogP contribution in [0.4, 0.5) is 0 Å². The van der Waals surface area contributed by atoms with Crippen molar-refractivity contribution in [1.82, 2.24) is 4.90 Å². The van der Waals surface area contributed by atoms with E-state index in [1.807, 2.05) is 18.9 Å². The standard InChI is InChI=1S/C16H25NO2/c1-5-19-16(18)12-17(4)11-10-14-6-8-15(9-7-14)13(2)3/h6-9,13H,5,10-12H2,1-4H3. The van der Waals surface area contributed by atoms with Crippen molar-refractivity contribution in [2.45, 2.75) is 33.1 Å². The van der Waals surface area contributed by atoms with Crippen molar-refractivity contribution in [3.8, 4) is 0 Å². The summed E-state index contributed by atoms with van der Waals surface area (Å²) in [4.78, 5) is 13.3. The number of ether oxygens (including phenoxy) is 1. The average molecular weight is 263 g/mol. The Labute approximate surface area is 116 Å². The van der Waals surface area contributed by atoms with E-state index >= 15 is 0 Å². The molecule has 1 aromatic rings. The van der Waals surface area contributed by atoms with Crippen molar-refractivity contribution in [3.63, 3.8) is 0 Å². The van der Waals surface area contributed by atoms with Gasteiger partial charge >= 0.3 is 5.97 Å². The minimum absolute atomic E-state index is 0.153. The summed E-state index contributed by atoms with van der Waals surface area (Å²) in [5.41, 5.74) is 2.67. The molecule has 0 aliphatic heterocycles. The Kier molecular flexibility index (Phi) is 6.57. The van der Waals surface area contributed by atoms with Gasteiger partial charge in [-0.15, -0.1) is 0 Å². The Morgan fingerprint density at radius 2 is 1.89 bits per heavy atom. The summed E-state index contributed by atoms with van der Waals surface area (Å²) in [6, 6.07) is 8.72. The van der Waals surface area contributed by atoms with Gasteiger partial charge in [-0.2, -0.15) is 0 Å². The summed E-state index contributed by atoms with van der Waals surface area (Å²) in [5.74, 6) is 0.417. The molecule has 0 saturated heterocycles. The number of esters is 1. The van der Waals surface area contributed by atoms with Crippen LogP contribution in [0.2, 0.25) is 0 Å². The molecule has 106 valence electrons. The molecule has 0 unspecified atom stereocenters. The highest BCUT2D eigenvalue weighted by molar-refractivity contribution is 5.71. The van der Waals surface area contributed by atoms with Gasteiger partial charge in [0.25, 0.3) is 0 Å². The number of hydrogen-bond donors (Lipinski definition) is 0. The molecule has 19 heavy (non-hydrogen) atoms. The summed E-state index contributed by atoms with van der Waals surface area (Å²) in [7, 11) is 1.94. The van der Waals surface area contributed by atoms with Crippen LogP contribution in [-0.4, -0.2) is 37.6 Å². The second-order valence-corrected chi connectivity index (χ2v) is 5.19. The molecule has 0 heterocycles. The number of benzene rings is 1. The van der Waals surface area contributed by atoms with Crippen molar-refractivity contribution < 1.29 is 9.53 Å². The van der Waals surface area contributed by atoms with E-state index in [0.717, 1.165) is 13.0 Å². The molecule has 0 aliphatic carbocycles. The lowest BCUT2D eigenvalue weighted by Crippen LogP contribution is -2.29. The number of rotatable bonds is 7. The van der Waals surface area contributed by atoms with Gasteiger partial charge in [-0.3, -0.25) is 9.69 Å². The molecule has 0 radical (unpaired) electrons. The molecule has 1 aromatic carbocycles. The normalized spacial score (nSPS) is 11.1. The molecule has 0 atom stereocenters. The largest absolute Gasteiger partial charge is 0.465 e. The predicted molar refractivity (Wildman–Crippen MR) is 78.4 cm³/mol. The maximum absolute atomic E-state index is 11.3. The minimum Gasteiger partial charge on any atom is -0.465 e. The SMILES string of the molecule is CCOC(=O)CN(C)CCc1ccc(C(C)C)cc1. The number of carbonyl (C=O) groups is 1. The van der Waals surface area contributed by atoms with Gasteiger partial charge in [0.2, 0.25) is 0 Å². The summed E-state index contributed by atoms with van der Waals surface area (Å²) >= 11 is 0. The lowest BCUT2D eigenvalue weighted by Gasteiger charge is -2.15. The summed E-state index contributed by atoms with van der Waals surface area (Å²) in [6.07, 6.45) is 0.953. The highest BCUT2D eigenvalue weighted by Crippen LogP contribution is 2.14. The first-order chi connectivity index (χ1) is 9.02. The molecular weight excluding hydrogens is 238 g/mol. The fraction of sp³-hybridized carbons (Fsp3) is 0.562. The van der Waals surface area contributed by atoms with E-state index in [1.54, 1.807) is 0 Å². The molecule has 0 amide bonds. The van der Waals surface area contributed by atoms with Crippen molar-refractivity contribution >= 4 is 5.97 Å². The second kappa shape index (κ2) is 7.95. The van der Waals surface area contributed by atoms with Gasteiger partial charge in [0, 0.05) is 6.54 Å². The highest BCUT2D eigenvalue weighted by Gasteiger charge is 2.07. The van der Waals surface area contributed by atoms with Gasteiger partial charge in [-0.1, -0.05) is 38.1 Å². The van der Waals surface area contributed by atoms with Crippen LogP contribution in [0.5, 0.6) is 0 Å². The molecule has 0 aromatic heterocycles. The Bertz CT molecular complexity index is 384. The van der Waals surface area contributed by atoms with Gasteiger partial charge in [0.15, 0.2) is 0 Å². The van der Waals surface area contributed by atoms with Crippen LogP contribution in [0.15, 0.2) is 24.3 Å². The molecule has 1 rings (SSSR count). The van der Waals surface area contributed by atoms with Gasteiger partial charge in [-0.25, -0.2) is 0 Å². The van der Waals surface area contributed by atoms with Crippen molar-refractivity contribution in [2.75, 3.05) is 26.7 Å². The smallest absolute Gasteiger partial charge is 0.320 e. The fourth-order valence-corrected chi connectivity index (χ4v) is 1.90. The number of likely N-dealkylation sites (N-methyl/N-ethyl adjacent to an activating group) is 1. The van der Waals surface area contributed by atoms with Gasteiger partial charge in [0.1, 0.15) is 0 Å². The Balaban J connectivity index is 2.37. The highest BCUT2D eigenvalue weighted by atomic mass is 16.5. The summed E-state index contributed by atoms with van der Waals surface area (Å²) in [6.45, 7) is 7.89. The van der Waals surface area contributed by atoms with E-state index in [0.29, 0.717) is 19.1 Å². The molecule has 0 bridgehead atoms. The van der Waals surface area contributed by atoms with Crippen molar-refractivity contribution in [2.24, 2.45) is 0 Å². The zero-order valence-corrected chi connectivity index (χ0v) is 12.5. The molecule has 3 nitrogen and oxygen atoms in total. The summed E-state index contributed by atoms with van der Waals surface area (Å²) in [5, 5.41) is 0. The molecule has 0 spiro atoms. The first-order valence-corrected chi connectivity index (χ1v) is 6.96. The predicted octanol–water partition coefficient (Wildman–Crippen LogP) is 2.85. The Morgan fingerprint density at radius 1 is 1.26 bits per heavy atom. The second-order valence-electron chi connectivity index (χ2n) is 5.19. The number of carbonyl (C=O) groups excluding carboxylic acids is 1. The number of hydrogen-bond acceptors (Lipinski definition) is 3. The van der Waals surface area contributed by atoms with Crippen LogP contribution >= 0.6 is 0 Å². The van der Waals surface area contributed by atoms with E-state index in [4.69, 9.17) is 4.74 Å². The van der Waals surface area contributed by atoms with E-state index in [2.05, 4.69) is 38.1 Å². The topological polar surface area (TPSA) is 29.5 Å². The first kappa shape index (κ1) is 15.7. The summed E-state index contributed by atoms with van der Waals surface area (Å²) < 4.78 is 4.93. The van der Waals surface area contributed by atoms with Crippen molar-refractivity contribution in [3.05, 3.63) is 35.4 Å². The van der Waals surface area contributed by atoms with Crippen LogP contribution in [-0.2, 0) is 16.0 Å². The van der Waals surface area contributed by atoms with Gasteiger partial charge < -0.3 is 4.74 Å². The molecule has 0 N–H and O–H groups in total. The number of nitrogens with zero attached hydrogens (tertiary/aromatic N) is 1. The third kappa shape index (κ3) is 5.88. The third-order valence-electron chi connectivity index (χ3n) is 3.13. The van der Waals surface area contributed by atoms with Gasteiger partial charge in [0.05, 0.1) is 13.2 Å². The zero-order chi connectivity index (χ0) is 14.3. The quantitative estimate of drug-likeness (QED) is 0.708. The van der Waals surface area contributed by atoms with E-state index in [-0.39, 0.29) is 5.97 Å². The van der Waals surface area contributed by atoms with Crippen molar-refractivity contribution in [1.29, 1.82) is 0 Å². The Morgan fingerprint density at radius 3 is 2.42 bits per heavy atom. The van der Waals surface area contributed by atoms with E-state index in [9.17, 15) is 4.79 Å². The lowest BCUT2D eigenvalue weighted by molar-refractivity contribution is -0.144. The van der Waals surface area contributed by atoms with E-state index in [1.165, 1.54) is 11.1 Å². The maximum atomic E-state index is 11.3. The molecule has 0 saturated carbocycles. The first-order valence-electron chi connectivity index (χ1n) is 6.96. The maximum Gasteiger partial charge on any atom is 0.320 e. The lowest BCUT2D eigenvalue weighted by atomic mass is 10.0. The molecule has 0 aliphatic rings. The van der Waals surface area contributed by atoms with E-state index < -0.39 is 0 Å². The fourth-order valence-electron chi connectivity index (χ4n) is 1.90. The third-order valence-corrected chi connectivity index (χ3v) is 3.13. The van der Waals surface area contributed by atoms with Crippen LogP contribution in [0.25, 0.3) is 0 Å². The molecule has 3 heteroatoms.